The van der Waals surface area contributed by atoms with Crippen LogP contribution in [0.1, 0.15) is 5.56 Å². The van der Waals surface area contributed by atoms with Crippen LogP contribution in [0.3, 0.4) is 0 Å². The molecule has 0 aliphatic rings. The van der Waals surface area contributed by atoms with Crippen LogP contribution in [-0.2, 0) is 6.42 Å². The lowest BCUT2D eigenvalue weighted by Gasteiger charge is -1.97. The number of hydrogen-bond donors (Lipinski definition) is 0. The molecule has 2 nitrogen and oxygen atoms in total. The summed E-state index contributed by atoms with van der Waals surface area (Å²) in [6.45, 7) is 3.61. The van der Waals surface area contributed by atoms with Gasteiger partial charge in [0, 0.05) is 3.57 Å². The van der Waals surface area contributed by atoms with Gasteiger partial charge in [-0.15, -0.1) is 6.58 Å². The molecule has 0 unspecified atom stereocenters. The lowest BCUT2D eigenvalue weighted by Crippen LogP contribution is -1.83. The van der Waals surface area contributed by atoms with Crippen LogP contribution in [0.15, 0.2) is 36.9 Å². The molecule has 2 rings (SSSR count). The van der Waals surface area contributed by atoms with Gasteiger partial charge in [0.25, 0.3) is 0 Å². The minimum atomic E-state index is 0.425. The number of rotatable bonds is 2. The van der Waals surface area contributed by atoms with E-state index >= 15 is 0 Å². The fourth-order valence-electron chi connectivity index (χ4n) is 1.23. The fraction of sp³-hybridized carbons (Fsp3) is 0.0769. The van der Waals surface area contributed by atoms with Crippen molar-refractivity contribution in [2.24, 2.45) is 0 Å². The first kappa shape index (κ1) is 18.0. The topological polar surface area (TPSA) is 25.8 Å². The van der Waals surface area contributed by atoms with Crippen LogP contribution < -0.4 is 0 Å². The first-order valence-corrected chi connectivity index (χ1v) is 7.91. The minimum absolute atomic E-state index is 0.425. The van der Waals surface area contributed by atoms with E-state index in [2.05, 4.69) is 39.1 Å². The monoisotopic (exact) mass is 460 g/mol. The molecule has 0 spiro atoms. The molecule has 0 radical (unpaired) electrons. The predicted molar refractivity (Wildman–Crippen MR) is 95.1 cm³/mol. The van der Waals surface area contributed by atoms with Gasteiger partial charge in [0.2, 0.25) is 0 Å². The molecule has 0 saturated heterocycles. The summed E-state index contributed by atoms with van der Waals surface area (Å²) in [5.41, 5.74) is 1.03. The highest BCUT2D eigenvalue weighted by Gasteiger charge is 1.96. The number of aromatic nitrogens is 2. The quantitative estimate of drug-likeness (QED) is 0.306. The van der Waals surface area contributed by atoms with Gasteiger partial charge in [-0.3, -0.25) is 0 Å². The molecule has 20 heavy (non-hydrogen) atoms. The molecule has 0 saturated carbocycles. The molecule has 0 aliphatic heterocycles. The molecule has 0 atom stereocenters. The highest BCUT2D eigenvalue weighted by molar-refractivity contribution is 14.1. The zero-order valence-electron chi connectivity index (χ0n) is 10.1. The summed E-state index contributed by atoms with van der Waals surface area (Å²) in [6.07, 6.45) is 2.56. The van der Waals surface area contributed by atoms with Crippen molar-refractivity contribution in [3.63, 3.8) is 0 Å². The van der Waals surface area contributed by atoms with Crippen molar-refractivity contribution in [1.29, 1.82) is 0 Å². The van der Waals surface area contributed by atoms with E-state index in [1.54, 1.807) is 30.3 Å². The van der Waals surface area contributed by atoms with Crippen molar-refractivity contribution in [3.05, 3.63) is 66.7 Å². The predicted octanol–water partition coefficient (Wildman–Crippen LogP) is 6.11. The SMILES string of the molecule is C=CCc1cc(Cl)nc(Cl)c1.Clc1cc(I)cc(Cl)n1. The molecule has 7 heteroatoms. The number of nitrogens with zero attached hydrogens (tertiary/aromatic N) is 2. The third-order valence-corrected chi connectivity index (χ3v) is 3.33. The molecule has 0 bridgehead atoms. The summed E-state index contributed by atoms with van der Waals surface area (Å²) >= 11 is 24.5. The van der Waals surface area contributed by atoms with Gasteiger partial charge in [0.1, 0.15) is 20.6 Å². The van der Waals surface area contributed by atoms with E-state index in [-0.39, 0.29) is 0 Å². The van der Waals surface area contributed by atoms with Gasteiger partial charge in [0.15, 0.2) is 0 Å². The second-order valence-electron chi connectivity index (χ2n) is 3.54. The van der Waals surface area contributed by atoms with Crippen LogP contribution in [0.25, 0.3) is 0 Å². The highest BCUT2D eigenvalue weighted by Crippen LogP contribution is 2.16. The van der Waals surface area contributed by atoms with Crippen LogP contribution in [-0.4, -0.2) is 9.97 Å². The normalized spacial score (nSPS) is 9.65. The maximum Gasteiger partial charge on any atom is 0.131 e. The average molecular weight is 462 g/mol. The Hall–Kier alpha value is -0.0700. The Balaban J connectivity index is 0.000000204. The van der Waals surface area contributed by atoms with Gasteiger partial charge < -0.3 is 0 Å². The number of pyridine rings is 2. The fourth-order valence-corrected chi connectivity index (χ4v) is 3.16. The lowest BCUT2D eigenvalue weighted by molar-refractivity contribution is 1.21. The first-order valence-electron chi connectivity index (χ1n) is 5.32. The zero-order valence-corrected chi connectivity index (χ0v) is 15.3. The van der Waals surface area contributed by atoms with E-state index in [0.717, 1.165) is 15.6 Å². The Bertz CT molecular complexity index is 534. The van der Waals surface area contributed by atoms with Gasteiger partial charge in [-0.05, 0) is 58.8 Å². The minimum Gasteiger partial charge on any atom is -0.224 e. The molecule has 2 heterocycles. The summed E-state index contributed by atoms with van der Waals surface area (Å²) < 4.78 is 0.998. The van der Waals surface area contributed by atoms with Gasteiger partial charge >= 0.3 is 0 Å². The number of hydrogen-bond acceptors (Lipinski definition) is 2. The molecule has 0 aromatic carbocycles. The van der Waals surface area contributed by atoms with Gasteiger partial charge in [-0.25, -0.2) is 9.97 Å². The molecule has 0 amide bonds. The average Bonchev–Trinajstić information content (AvgIpc) is 2.26. The molecule has 2 aromatic rings. The summed E-state index contributed by atoms with van der Waals surface area (Å²) in [5, 5.41) is 1.72. The summed E-state index contributed by atoms with van der Waals surface area (Å²) in [5.74, 6) is 0. The smallest absolute Gasteiger partial charge is 0.131 e. The van der Waals surface area contributed by atoms with Crippen molar-refractivity contribution < 1.29 is 0 Å². The van der Waals surface area contributed by atoms with Crippen molar-refractivity contribution in [1.82, 2.24) is 9.97 Å². The third kappa shape index (κ3) is 7.09. The first-order chi connectivity index (χ1) is 9.40. The largest absolute Gasteiger partial charge is 0.224 e. The maximum atomic E-state index is 5.66. The van der Waals surface area contributed by atoms with E-state index < -0.39 is 0 Å². The lowest BCUT2D eigenvalue weighted by atomic mass is 10.2. The summed E-state index contributed by atoms with van der Waals surface area (Å²) in [7, 11) is 0. The summed E-state index contributed by atoms with van der Waals surface area (Å²) in [4.78, 5) is 7.57. The van der Waals surface area contributed by atoms with Crippen LogP contribution in [0, 0.1) is 3.57 Å². The Kier molecular flexibility index (Phi) is 8.14. The number of allylic oxidation sites excluding steroid dienone is 1. The Morgan fingerprint density at radius 2 is 1.30 bits per heavy atom. The van der Waals surface area contributed by atoms with Gasteiger partial charge in [0.05, 0.1) is 0 Å². The third-order valence-electron chi connectivity index (χ3n) is 1.93. The Labute approximate surface area is 151 Å². The highest BCUT2D eigenvalue weighted by atomic mass is 127. The summed E-state index contributed by atoms with van der Waals surface area (Å²) in [6, 6.07) is 7.03. The second kappa shape index (κ2) is 9.05. The molecule has 106 valence electrons. The van der Waals surface area contributed by atoms with E-state index in [4.69, 9.17) is 46.4 Å². The van der Waals surface area contributed by atoms with Crippen LogP contribution in [0.4, 0.5) is 0 Å². The van der Waals surface area contributed by atoms with E-state index in [9.17, 15) is 0 Å². The van der Waals surface area contributed by atoms with Gasteiger partial charge in [-0.1, -0.05) is 52.5 Å². The Morgan fingerprint density at radius 3 is 1.65 bits per heavy atom. The molecular weight excluding hydrogens is 453 g/mol. The van der Waals surface area contributed by atoms with E-state index in [1.807, 2.05) is 0 Å². The molecular formula is C13H9Cl4IN2. The van der Waals surface area contributed by atoms with E-state index in [1.165, 1.54) is 0 Å². The van der Waals surface area contributed by atoms with Crippen LogP contribution in [0.5, 0.6) is 0 Å². The van der Waals surface area contributed by atoms with Crippen LogP contribution >= 0.6 is 69.0 Å². The second-order valence-corrected chi connectivity index (χ2v) is 6.34. The standard InChI is InChI=1S/C8H7Cl2N.C5H2Cl2IN/c1-2-3-6-4-7(9)11-8(10)5-6;6-4-1-3(8)2-5(7)9-4/h2,4-5H,1,3H2;1-2H. The number of halogens is 5. The van der Waals surface area contributed by atoms with Gasteiger partial charge in [-0.2, -0.15) is 0 Å². The maximum absolute atomic E-state index is 5.66. The van der Waals surface area contributed by atoms with Crippen LogP contribution in [0.2, 0.25) is 20.6 Å². The Morgan fingerprint density at radius 1 is 0.900 bits per heavy atom. The molecule has 0 aliphatic carbocycles. The van der Waals surface area contributed by atoms with E-state index in [0.29, 0.717) is 20.6 Å². The molecule has 2 aromatic heterocycles. The molecule has 0 fully saturated rings. The van der Waals surface area contributed by atoms with Crippen molar-refractivity contribution >= 4 is 69.0 Å². The van der Waals surface area contributed by atoms with Crippen molar-refractivity contribution in [3.8, 4) is 0 Å². The van der Waals surface area contributed by atoms with Crippen molar-refractivity contribution in [2.75, 3.05) is 0 Å². The molecule has 0 N–H and O–H groups in total. The zero-order chi connectivity index (χ0) is 15.1. The van der Waals surface area contributed by atoms with Crippen molar-refractivity contribution in [2.45, 2.75) is 6.42 Å².